The molecule has 0 rings (SSSR count). The quantitative estimate of drug-likeness (QED) is 0.570. The second kappa shape index (κ2) is 6.16. The van der Waals surface area contributed by atoms with E-state index in [9.17, 15) is 4.79 Å². The first kappa shape index (κ1) is 10.4. The third kappa shape index (κ3) is 5.85. The van der Waals surface area contributed by atoms with Crippen LogP contribution in [0.2, 0.25) is 0 Å². The molecule has 0 aromatic rings. The van der Waals surface area contributed by atoms with Crippen LogP contribution in [0.1, 0.15) is 26.7 Å². The Morgan fingerprint density at radius 1 is 1.55 bits per heavy atom. The fourth-order valence-electron chi connectivity index (χ4n) is 0.552. The molecule has 0 aromatic heterocycles. The Labute approximate surface area is 67.7 Å². The van der Waals surface area contributed by atoms with Gasteiger partial charge < -0.3 is 9.47 Å². The first-order chi connectivity index (χ1) is 5.20. The number of hydrogen-bond donors (Lipinski definition) is 0. The van der Waals surface area contributed by atoms with Crippen LogP contribution in [0.5, 0.6) is 0 Å². The van der Waals surface area contributed by atoms with Gasteiger partial charge in [0.25, 0.3) is 0 Å². The third-order valence-electron chi connectivity index (χ3n) is 1.42. The lowest BCUT2D eigenvalue weighted by atomic mass is 10.3. The summed E-state index contributed by atoms with van der Waals surface area (Å²) >= 11 is 0. The molecule has 0 radical (unpaired) electrons. The van der Waals surface area contributed by atoms with Crippen molar-refractivity contribution in [1.82, 2.24) is 0 Å². The summed E-state index contributed by atoms with van der Waals surface area (Å²) in [5, 5.41) is 0. The van der Waals surface area contributed by atoms with Crippen LogP contribution in [0.4, 0.5) is 0 Å². The predicted molar refractivity (Wildman–Crippen MR) is 42.3 cm³/mol. The van der Waals surface area contributed by atoms with Crippen molar-refractivity contribution in [2.45, 2.75) is 32.8 Å². The van der Waals surface area contributed by atoms with Gasteiger partial charge in [-0.1, -0.05) is 6.92 Å². The monoisotopic (exact) mass is 160 g/mol. The SMILES string of the molecule is CCC(C)OC(=O)CCOC. The van der Waals surface area contributed by atoms with Gasteiger partial charge in [0, 0.05) is 7.11 Å². The summed E-state index contributed by atoms with van der Waals surface area (Å²) in [5.74, 6) is -0.179. The molecule has 1 atom stereocenters. The van der Waals surface area contributed by atoms with Crippen molar-refractivity contribution in [3.05, 3.63) is 0 Å². The van der Waals surface area contributed by atoms with Crippen LogP contribution in [0, 0.1) is 0 Å². The van der Waals surface area contributed by atoms with E-state index in [1.165, 1.54) is 0 Å². The number of carbonyl (C=O) groups is 1. The molecule has 66 valence electrons. The van der Waals surface area contributed by atoms with Gasteiger partial charge in [-0.05, 0) is 13.3 Å². The molecule has 1 unspecified atom stereocenters. The van der Waals surface area contributed by atoms with Crippen molar-refractivity contribution >= 4 is 5.97 Å². The Morgan fingerprint density at radius 3 is 2.64 bits per heavy atom. The van der Waals surface area contributed by atoms with Crippen molar-refractivity contribution in [2.75, 3.05) is 13.7 Å². The molecule has 0 aliphatic carbocycles. The Balaban J connectivity index is 3.36. The summed E-state index contributed by atoms with van der Waals surface area (Å²) in [5.41, 5.74) is 0. The Hall–Kier alpha value is -0.570. The zero-order chi connectivity index (χ0) is 8.69. The molecule has 0 aromatic carbocycles. The summed E-state index contributed by atoms with van der Waals surface area (Å²) in [6.07, 6.45) is 1.24. The highest BCUT2D eigenvalue weighted by Gasteiger charge is 2.05. The Morgan fingerprint density at radius 2 is 2.18 bits per heavy atom. The van der Waals surface area contributed by atoms with Gasteiger partial charge in [-0.15, -0.1) is 0 Å². The molecule has 0 fully saturated rings. The van der Waals surface area contributed by atoms with Gasteiger partial charge in [0.2, 0.25) is 0 Å². The van der Waals surface area contributed by atoms with Crippen LogP contribution in [-0.4, -0.2) is 25.8 Å². The average Bonchev–Trinajstić information content (AvgIpc) is 2.00. The van der Waals surface area contributed by atoms with E-state index in [0.717, 1.165) is 6.42 Å². The van der Waals surface area contributed by atoms with E-state index in [4.69, 9.17) is 9.47 Å². The Kier molecular flexibility index (Phi) is 5.84. The number of methoxy groups -OCH3 is 1. The van der Waals surface area contributed by atoms with Gasteiger partial charge in [-0.2, -0.15) is 0 Å². The lowest BCUT2D eigenvalue weighted by molar-refractivity contribution is -0.149. The van der Waals surface area contributed by atoms with Crippen LogP contribution in [0.15, 0.2) is 0 Å². The highest BCUT2D eigenvalue weighted by Crippen LogP contribution is 1.98. The fourth-order valence-corrected chi connectivity index (χ4v) is 0.552. The summed E-state index contributed by atoms with van der Waals surface area (Å²) in [6.45, 7) is 4.30. The first-order valence-electron chi connectivity index (χ1n) is 3.89. The number of carbonyl (C=O) groups excluding carboxylic acids is 1. The van der Waals surface area contributed by atoms with E-state index in [0.29, 0.717) is 13.0 Å². The molecule has 0 saturated carbocycles. The second-order valence-corrected chi connectivity index (χ2v) is 2.45. The maximum absolute atomic E-state index is 10.9. The molecule has 0 heterocycles. The summed E-state index contributed by atoms with van der Waals surface area (Å²) in [6, 6.07) is 0. The normalized spacial score (nSPS) is 12.6. The molecule has 11 heavy (non-hydrogen) atoms. The molecular weight excluding hydrogens is 144 g/mol. The van der Waals surface area contributed by atoms with Crippen LogP contribution in [-0.2, 0) is 14.3 Å². The standard InChI is InChI=1S/C8H16O3/c1-4-7(2)11-8(9)5-6-10-3/h7H,4-6H2,1-3H3. The van der Waals surface area contributed by atoms with E-state index < -0.39 is 0 Å². The van der Waals surface area contributed by atoms with Crippen LogP contribution in [0.3, 0.4) is 0 Å². The molecule has 0 saturated heterocycles. The number of esters is 1. The van der Waals surface area contributed by atoms with E-state index in [1.807, 2.05) is 13.8 Å². The van der Waals surface area contributed by atoms with Crippen molar-refractivity contribution < 1.29 is 14.3 Å². The maximum atomic E-state index is 10.9. The first-order valence-corrected chi connectivity index (χ1v) is 3.89. The van der Waals surface area contributed by atoms with E-state index in [-0.39, 0.29) is 12.1 Å². The van der Waals surface area contributed by atoms with E-state index >= 15 is 0 Å². The van der Waals surface area contributed by atoms with Gasteiger partial charge in [0.05, 0.1) is 19.1 Å². The van der Waals surface area contributed by atoms with E-state index in [2.05, 4.69) is 0 Å². The van der Waals surface area contributed by atoms with Crippen molar-refractivity contribution in [1.29, 1.82) is 0 Å². The predicted octanol–water partition coefficient (Wildman–Crippen LogP) is 1.36. The Bertz CT molecular complexity index is 112. The largest absolute Gasteiger partial charge is 0.463 e. The zero-order valence-corrected chi connectivity index (χ0v) is 7.42. The molecule has 0 aliphatic heterocycles. The minimum atomic E-state index is -0.179. The second-order valence-electron chi connectivity index (χ2n) is 2.45. The topological polar surface area (TPSA) is 35.5 Å². The number of ether oxygens (including phenoxy) is 2. The van der Waals surface area contributed by atoms with Gasteiger partial charge in [0.1, 0.15) is 0 Å². The zero-order valence-electron chi connectivity index (χ0n) is 7.42. The highest BCUT2D eigenvalue weighted by atomic mass is 16.5. The summed E-state index contributed by atoms with van der Waals surface area (Å²) in [7, 11) is 1.57. The number of rotatable bonds is 5. The summed E-state index contributed by atoms with van der Waals surface area (Å²) in [4.78, 5) is 10.9. The fraction of sp³-hybridized carbons (Fsp3) is 0.875. The lowest BCUT2D eigenvalue weighted by Crippen LogP contribution is -2.15. The highest BCUT2D eigenvalue weighted by molar-refractivity contribution is 5.69. The van der Waals surface area contributed by atoms with Crippen LogP contribution < -0.4 is 0 Å². The van der Waals surface area contributed by atoms with Crippen molar-refractivity contribution in [3.8, 4) is 0 Å². The van der Waals surface area contributed by atoms with Gasteiger partial charge in [-0.25, -0.2) is 0 Å². The molecule has 0 spiro atoms. The van der Waals surface area contributed by atoms with Gasteiger partial charge in [-0.3, -0.25) is 4.79 Å². The van der Waals surface area contributed by atoms with Gasteiger partial charge in [0.15, 0.2) is 0 Å². The van der Waals surface area contributed by atoms with Crippen molar-refractivity contribution in [3.63, 3.8) is 0 Å². The molecule has 0 amide bonds. The van der Waals surface area contributed by atoms with E-state index in [1.54, 1.807) is 7.11 Å². The minimum Gasteiger partial charge on any atom is -0.463 e. The smallest absolute Gasteiger partial charge is 0.308 e. The summed E-state index contributed by atoms with van der Waals surface area (Å²) < 4.78 is 9.71. The van der Waals surface area contributed by atoms with Crippen molar-refractivity contribution in [2.24, 2.45) is 0 Å². The van der Waals surface area contributed by atoms with Crippen LogP contribution >= 0.6 is 0 Å². The van der Waals surface area contributed by atoms with Gasteiger partial charge >= 0.3 is 5.97 Å². The molecule has 3 nitrogen and oxygen atoms in total. The molecule has 0 bridgehead atoms. The molecule has 0 aliphatic rings. The molecule has 3 heteroatoms. The maximum Gasteiger partial charge on any atom is 0.308 e. The minimum absolute atomic E-state index is 0.0272. The number of hydrogen-bond acceptors (Lipinski definition) is 3. The molecular formula is C8H16O3. The van der Waals surface area contributed by atoms with Crippen LogP contribution in [0.25, 0.3) is 0 Å². The third-order valence-corrected chi connectivity index (χ3v) is 1.42. The lowest BCUT2D eigenvalue weighted by Gasteiger charge is -2.09. The molecule has 0 N–H and O–H groups in total. The average molecular weight is 160 g/mol.